The Morgan fingerprint density at radius 3 is 2.50 bits per heavy atom. The molecule has 1 heterocycles. The summed E-state index contributed by atoms with van der Waals surface area (Å²) in [5, 5.41) is 8.21. The van der Waals surface area contributed by atoms with Crippen molar-refractivity contribution in [3.63, 3.8) is 0 Å². The number of nitrogens with one attached hydrogen (secondary N) is 1. The Labute approximate surface area is 187 Å². The summed E-state index contributed by atoms with van der Waals surface area (Å²) in [4.78, 5) is 27.3. The first kappa shape index (κ1) is 22.6. The molecule has 1 aliphatic rings. The van der Waals surface area contributed by atoms with E-state index in [0.29, 0.717) is 33.9 Å². The Morgan fingerprint density at radius 2 is 1.93 bits per heavy atom. The molecule has 2 aromatic rings. The van der Waals surface area contributed by atoms with Crippen LogP contribution in [0.25, 0.3) is 0 Å². The Morgan fingerprint density at radius 1 is 1.23 bits per heavy atom. The van der Waals surface area contributed by atoms with E-state index in [1.807, 2.05) is 17.7 Å². The molecule has 8 heteroatoms. The summed E-state index contributed by atoms with van der Waals surface area (Å²) in [7, 11) is 0. The molecule has 0 unspecified atom stereocenters. The van der Waals surface area contributed by atoms with Crippen molar-refractivity contribution in [3.05, 3.63) is 45.7 Å². The molecule has 1 aromatic heterocycles. The van der Waals surface area contributed by atoms with Crippen LogP contribution >= 0.6 is 23.2 Å². The molecule has 1 saturated carbocycles. The van der Waals surface area contributed by atoms with Gasteiger partial charge in [-0.25, -0.2) is 0 Å². The number of carbonyl (C=O) groups excluding carboxylic acids is 2. The van der Waals surface area contributed by atoms with Crippen molar-refractivity contribution in [2.75, 3.05) is 18.4 Å². The van der Waals surface area contributed by atoms with E-state index in [1.165, 1.54) is 4.90 Å². The number of carbonyl (C=O) groups is 2. The number of rotatable bonds is 7. The van der Waals surface area contributed by atoms with Gasteiger partial charge in [0.05, 0.1) is 16.2 Å². The fourth-order valence-corrected chi connectivity index (χ4v) is 3.80. The Bertz CT molecular complexity index is 945. The number of anilines is 1. The highest BCUT2D eigenvalue weighted by molar-refractivity contribution is 6.36. The SMILES string of the molecule is CCCN(CC(=O)Nc1ccc(Cl)cc1Cl)C(=O)c1cc(C2CC2)n(C(C)(C)C)n1. The average molecular weight is 451 g/mol. The van der Waals surface area contributed by atoms with Gasteiger partial charge in [0, 0.05) is 23.2 Å². The van der Waals surface area contributed by atoms with Crippen LogP contribution in [0, 0.1) is 0 Å². The molecule has 1 aromatic carbocycles. The van der Waals surface area contributed by atoms with Crippen molar-refractivity contribution >= 4 is 40.7 Å². The van der Waals surface area contributed by atoms with E-state index in [9.17, 15) is 9.59 Å². The van der Waals surface area contributed by atoms with Gasteiger partial charge >= 0.3 is 0 Å². The fraction of sp³-hybridized carbons (Fsp3) is 0.500. The quantitative estimate of drug-likeness (QED) is 0.620. The maximum atomic E-state index is 13.2. The zero-order valence-corrected chi connectivity index (χ0v) is 19.3. The lowest BCUT2D eigenvalue weighted by Gasteiger charge is -2.23. The number of nitrogens with zero attached hydrogens (tertiary/aromatic N) is 3. The number of aromatic nitrogens is 2. The van der Waals surface area contributed by atoms with Crippen LogP contribution in [0.5, 0.6) is 0 Å². The first-order valence-electron chi connectivity index (χ1n) is 10.2. The smallest absolute Gasteiger partial charge is 0.274 e. The molecule has 2 amide bonds. The molecule has 0 atom stereocenters. The van der Waals surface area contributed by atoms with Crippen molar-refractivity contribution in [2.24, 2.45) is 0 Å². The van der Waals surface area contributed by atoms with Gasteiger partial charge in [0.1, 0.15) is 6.54 Å². The normalized spacial score (nSPS) is 13.9. The first-order chi connectivity index (χ1) is 14.1. The first-order valence-corrected chi connectivity index (χ1v) is 11.0. The average Bonchev–Trinajstić information content (AvgIpc) is 3.40. The van der Waals surface area contributed by atoms with E-state index in [1.54, 1.807) is 18.2 Å². The predicted molar refractivity (Wildman–Crippen MR) is 120 cm³/mol. The third-order valence-corrected chi connectivity index (χ3v) is 5.46. The summed E-state index contributed by atoms with van der Waals surface area (Å²) in [6.45, 7) is 8.58. The number of halogens is 2. The van der Waals surface area contributed by atoms with E-state index in [2.05, 4.69) is 31.2 Å². The van der Waals surface area contributed by atoms with Crippen LogP contribution in [0.2, 0.25) is 10.0 Å². The molecule has 1 fully saturated rings. The third kappa shape index (κ3) is 5.35. The second-order valence-electron chi connectivity index (χ2n) is 8.71. The summed E-state index contributed by atoms with van der Waals surface area (Å²) >= 11 is 12.0. The minimum atomic E-state index is -0.321. The van der Waals surface area contributed by atoms with E-state index >= 15 is 0 Å². The van der Waals surface area contributed by atoms with E-state index in [-0.39, 0.29) is 23.9 Å². The number of amides is 2. The summed E-state index contributed by atoms with van der Waals surface area (Å²) in [5.41, 5.74) is 1.73. The van der Waals surface area contributed by atoms with E-state index in [4.69, 9.17) is 23.2 Å². The van der Waals surface area contributed by atoms with Crippen LogP contribution in [0.4, 0.5) is 5.69 Å². The Kier molecular flexibility index (Phi) is 6.78. The van der Waals surface area contributed by atoms with Gasteiger partial charge in [0.15, 0.2) is 5.69 Å². The molecule has 0 spiro atoms. The Balaban J connectivity index is 1.77. The van der Waals surface area contributed by atoms with Gasteiger partial charge in [-0.2, -0.15) is 5.10 Å². The molecular weight excluding hydrogens is 423 g/mol. The summed E-state index contributed by atoms with van der Waals surface area (Å²) < 4.78 is 1.95. The van der Waals surface area contributed by atoms with Crippen molar-refractivity contribution in [1.82, 2.24) is 14.7 Å². The molecule has 0 saturated heterocycles. The standard InChI is InChI=1S/C22H28Cl2N4O2/c1-5-10-27(13-20(29)25-17-9-8-15(23)11-16(17)24)21(30)18-12-19(14-6-7-14)28(26-18)22(2,3)4/h8-9,11-12,14H,5-7,10,13H2,1-4H3,(H,25,29). The molecule has 1 N–H and O–H groups in total. The summed E-state index contributed by atoms with van der Waals surface area (Å²) in [6.07, 6.45) is 2.98. The van der Waals surface area contributed by atoms with Gasteiger partial charge in [-0.1, -0.05) is 30.1 Å². The van der Waals surface area contributed by atoms with Crippen molar-refractivity contribution in [1.29, 1.82) is 0 Å². The fourth-order valence-electron chi connectivity index (χ4n) is 3.35. The number of benzene rings is 1. The largest absolute Gasteiger partial charge is 0.328 e. The maximum absolute atomic E-state index is 13.2. The van der Waals surface area contributed by atoms with Crippen LogP contribution < -0.4 is 5.32 Å². The van der Waals surface area contributed by atoms with Crippen LogP contribution in [-0.4, -0.2) is 39.6 Å². The molecular formula is C22H28Cl2N4O2. The predicted octanol–water partition coefficient (Wildman–Crippen LogP) is 5.31. The van der Waals surface area contributed by atoms with Crippen LogP contribution in [0.3, 0.4) is 0 Å². The highest BCUT2D eigenvalue weighted by Gasteiger charge is 2.33. The number of hydrogen-bond donors (Lipinski definition) is 1. The second kappa shape index (κ2) is 8.98. The van der Waals surface area contributed by atoms with Gasteiger partial charge in [-0.3, -0.25) is 14.3 Å². The minimum Gasteiger partial charge on any atom is -0.328 e. The molecule has 162 valence electrons. The van der Waals surface area contributed by atoms with E-state index in [0.717, 1.165) is 25.0 Å². The molecule has 0 bridgehead atoms. The topological polar surface area (TPSA) is 67.2 Å². The lowest BCUT2D eigenvalue weighted by atomic mass is 10.1. The molecule has 0 radical (unpaired) electrons. The van der Waals surface area contributed by atoms with Gasteiger partial charge < -0.3 is 10.2 Å². The monoisotopic (exact) mass is 450 g/mol. The van der Waals surface area contributed by atoms with Crippen molar-refractivity contribution in [3.8, 4) is 0 Å². The molecule has 6 nitrogen and oxygen atoms in total. The molecule has 0 aliphatic heterocycles. The zero-order valence-electron chi connectivity index (χ0n) is 17.8. The molecule has 3 rings (SSSR count). The number of hydrogen-bond acceptors (Lipinski definition) is 3. The van der Waals surface area contributed by atoms with Crippen molar-refractivity contribution in [2.45, 2.75) is 58.4 Å². The van der Waals surface area contributed by atoms with Crippen LogP contribution in [0.1, 0.15) is 69.1 Å². The van der Waals surface area contributed by atoms with Gasteiger partial charge in [-0.05, 0) is 64.3 Å². The summed E-state index contributed by atoms with van der Waals surface area (Å²) in [6, 6.07) is 6.74. The Hall–Kier alpha value is -2.05. The highest BCUT2D eigenvalue weighted by atomic mass is 35.5. The van der Waals surface area contributed by atoms with Gasteiger partial charge in [-0.15, -0.1) is 0 Å². The van der Waals surface area contributed by atoms with Gasteiger partial charge in [0.25, 0.3) is 5.91 Å². The highest BCUT2D eigenvalue weighted by Crippen LogP contribution is 2.41. The maximum Gasteiger partial charge on any atom is 0.274 e. The van der Waals surface area contributed by atoms with Crippen molar-refractivity contribution < 1.29 is 9.59 Å². The zero-order chi connectivity index (χ0) is 22.1. The summed E-state index contributed by atoms with van der Waals surface area (Å²) in [5.74, 6) is -0.0916. The third-order valence-electron chi connectivity index (χ3n) is 4.91. The van der Waals surface area contributed by atoms with Crippen LogP contribution in [-0.2, 0) is 10.3 Å². The lowest BCUT2D eigenvalue weighted by molar-refractivity contribution is -0.116. The molecule has 30 heavy (non-hydrogen) atoms. The minimum absolute atomic E-state index is 0.0766. The van der Waals surface area contributed by atoms with Gasteiger partial charge in [0.2, 0.25) is 5.91 Å². The van der Waals surface area contributed by atoms with E-state index < -0.39 is 0 Å². The molecule has 1 aliphatic carbocycles. The van der Waals surface area contributed by atoms with Crippen LogP contribution in [0.15, 0.2) is 24.3 Å². The lowest BCUT2D eigenvalue weighted by Crippen LogP contribution is -2.39. The second-order valence-corrected chi connectivity index (χ2v) is 9.55.